The van der Waals surface area contributed by atoms with Gasteiger partial charge in [-0.25, -0.2) is 0 Å². The lowest BCUT2D eigenvalue weighted by molar-refractivity contribution is 0.102. The van der Waals surface area contributed by atoms with Crippen molar-refractivity contribution < 1.29 is 9.59 Å². The third-order valence-corrected chi connectivity index (χ3v) is 4.98. The van der Waals surface area contributed by atoms with Gasteiger partial charge in [0.15, 0.2) is 5.78 Å². The third-order valence-electron chi connectivity index (χ3n) is 4.57. The number of rotatable bonds is 4. The van der Waals surface area contributed by atoms with Crippen LogP contribution < -0.4 is 5.32 Å². The predicted octanol–water partition coefficient (Wildman–Crippen LogP) is 5.75. The van der Waals surface area contributed by atoms with Gasteiger partial charge in [-0.3, -0.25) is 9.59 Å². The fourth-order valence-corrected chi connectivity index (χ4v) is 3.13. The number of ketones is 1. The number of hydrogen-bond acceptors (Lipinski definition) is 2. The molecule has 1 amide bonds. The highest BCUT2D eigenvalue weighted by molar-refractivity contribution is 6.32. The Hall–Kier alpha value is -2.91. The number of carbonyl (C=O) groups excluding carboxylic acids is 2. The lowest BCUT2D eigenvalue weighted by Crippen LogP contribution is -2.17. The normalized spacial score (nSPS) is 10.5. The van der Waals surface area contributed by atoms with E-state index in [-0.39, 0.29) is 11.7 Å². The minimum absolute atomic E-state index is 0.145. The van der Waals surface area contributed by atoms with Crippen molar-refractivity contribution in [1.82, 2.24) is 0 Å². The molecular formula is C23H20ClNO2. The maximum Gasteiger partial charge on any atom is 0.255 e. The molecule has 0 radical (unpaired) electrons. The molecule has 0 saturated carbocycles. The number of nitrogens with one attached hydrogen (secondary N) is 1. The van der Waals surface area contributed by atoms with Crippen LogP contribution >= 0.6 is 11.6 Å². The van der Waals surface area contributed by atoms with Crippen molar-refractivity contribution in [1.29, 1.82) is 0 Å². The Kier molecular flexibility index (Phi) is 5.43. The summed E-state index contributed by atoms with van der Waals surface area (Å²) >= 11 is 6.27. The van der Waals surface area contributed by atoms with Crippen LogP contribution in [0.15, 0.2) is 60.7 Å². The van der Waals surface area contributed by atoms with E-state index in [1.54, 1.807) is 24.3 Å². The van der Waals surface area contributed by atoms with Crippen LogP contribution in [0.1, 0.15) is 43.0 Å². The zero-order valence-electron chi connectivity index (χ0n) is 15.5. The van der Waals surface area contributed by atoms with Crippen LogP contribution in [0.25, 0.3) is 0 Å². The number of carbonyl (C=O) groups is 2. The molecule has 0 aliphatic carbocycles. The number of aryl methyl sites for hydroxylation is 3. The van der Waals surface area contributed by atoms with Gasteiger partial charge in [0, 0.05) is 21.7 Å². The standard InChI is InChI=1S/C23H20ClNO2/c1-14-8-4-6-10-17(14)22(26)19-12-16(3)20(24)13-21(19)25-23(27)18-11-7-5-9-15(18)2/h4-13H,1-3H3,(H,25,27). The molecule has 136 valence electrons. The smallest absolute Gasteiger partial charge is 0.255 e. The van der Waals surface area contributed by atoms with E-state index < -0.39 is 0 Å². The monoisotopic (exact) mass is 377 g/mol. The van der Waals surface area contributed by atoms with E-state index in [4.69, 9.17) is 11.6 Å². The largest absolute Gasteiger partial charge is 0.321 e. The van der Waals surface area contributed by atoms with Crippen LogP contribution in [-0.4, -0.2) is 11.7 Å². The van der Waals surface area contributed by atoms with E-state index in [1.165, 1.54) is 0 Å². The molecule has 27 heavy (non-hydrogen) atoms. The van der Waals surface area contributed by atoms with Crippen LogP contribution in [0.3, 0.4) is 0 Å². The SMILES string of the molecule is Cc1cc(C(=O)c2ccccc2C)c(NC(=O)c2ccccc2C)cc1Cl. The highest BCUT2D eigenvalue weighted by Crippen LogP contribution is 2.28. The van der Waals surface area contributed by atoms with Crippen molar-refractivity contribution in [3.63, 3.8) is 0 Å². The van der Waals surface area contributed by atoms with Crippen LogP contribution in [0.2, 0.25) is 5.02 Å². The summed E-state index contributed by atoms with van der Waals surface area (Å²) in [5.41, 5.74) is 4.52. The first-order valence-corrected chi connectivity index (χ1v) is 9.03. The molecule has 3 aromatic carbocycles. The molecule has 3 aromatic rings. The maximum absolute atomic E-state index is 13.1. The Labute approximate surface area is 164 Å². The van der Waals surface area contributed by atoms with E-state index in [9.17, 15) is 9.59 Å². The summed E-state index contributed by atoms with van der Waals surface area (Å²) in [5.74, 6) is -0.417. The Bertz CT molecular complexity index is 1040. The van der Waals surface area contributed by atoms with Gasteiger partial charge in [-0.2, -0.15) is 0 Å². The predicted molar refractivity (Wildman–Crippen MR) is 110 cm³/mol. The third kappa shape index (κ3) is 3.93. The van der Waals surface area contributed by atoms with Crippen molar-refractivity contribution in [3.8, 4) is 0 Å². The van der Waals surface area contributed by atoms with Crippen molar-refractivity contribution in [3.05, 3.63) is 99.1 Å². The highest BCUT2D eigenvalue weighted by atomic mass is 35.5. The van der Waals surface area contributed by atoms with Gasteiger partial charge in [0.2, 0.25) is 0 Å². The molecule has 0 saturated heterocycles. The highest BCUT2D eigenvalue weighted by Gasteiger charge is 2.19. The van der Waals surface area contributed by atoms with E-state index in [0.29, 0.717) is 27.4 Å². The lowest BCUT2D eigenvalue weighted by Gasteiger charge is -2.14. The Balaban J connectivity index is 2.04. The molecule has 3 rings (SSSR count). The second-order valence-corrected chi connectivity index (χ2v) is 6.97. The Morgan fingerprint density at radius 2 is 1.30 bits per heavy atom. The van der Waals surface area contributed by atoms with Crippen molar-refractivity contribution in [2.75, 3.05) is 5.32 Å². The molecule has 0 aliphatic heterocycles. The fourth-order valence-electron chi connectivity index (χ4n) is 2.96. The molecule has 0 fully saturated rings. The molecule has 1 N–H and O–H groups in total. The molecule has 0 atom stereocenters. The van der Waals surface area contributed by atoms with Gasteiger partial charge in [0.05, 0.1) is 5.69 Å². The summed E-state index contributed by atoms with van der Waals surface area (Å²) in [6.07, 6.45) is 0. The second-order valence-electron chi connectivity index (χ2n) is 6.56. The zero-order chi connectivity index (χ0) is 19.6. The van der Waals surface area contributed by atoms with Crippen molar-refractivity contribution >= 4 is 29.0 Å². The van der Waals surface area contributed by atoms with Crippen LogP contribution in [0.5, 0.6) is 0 Å². The first-order chi connectivity index (χ1) is 12.9. The number of benzene rings is 3. The first-order valence-electron chi connectivity index (χ1n) is 8.66. The summed E-state index contributed by atoms with van der Waals surface area (Å²) < 4.78 is 0. The average molecular weight is 378 g/mol. The Morgan fingerprint density at radius 3 is 1.89 bits per heavy atom. The molecule has 0 aromatic heterocycles. The average Bonchev–Trinajstić information content (AvgIpc) is 2.64. The summed E-state index contributed by atoms with van der Waals surface area (Å²) in [5, 5.41) is 3.36. The molecule has 0 heterocycles. The van der Waals surface area contributed by atoms with Crippen LogP contribution in [0, 0.1) is 20.8 Å². The van der Waals surface area contributed by atoms with Gasteiger partial charge in [-0.15, -0.1) is 0 Å². The fraction of sp³-hybridized carbons (Fsp3) is 0.130. The summed E-state index contributed by atoms with van der Waals surface area (Å²) in [6.45, 7) is 5.60. The number of hydrogen-bond donors (Lipinski definition) is 1. The van der Waals surface area contributed by atoms with Gasteiger partial charge in [-0.1, -0.05) is 54.1 Å². The maximum atomic E-state index is 13.1. The van der Waals surface area contributed by atoms with E-state index in [2.05, 4.69) is 5.32 Å². The minimum atomic E-state index is -0.271. The Morgan fingerprint density at radius 1 is 0.741 bits per heavy atom. The quantitative estimate of drug-likeness (QED) is 0.588. The molecule has 0 aliphatic rings. The zero-order valence-corrected chi connectivity index (χ0v) is 16.2. The van der Waals surface area contributed by atoms with Crippen molar-refractivity contribution in [2.24, 2.45) is 0 Å². The number of halogens is 1. The topological polar surface area (TPSA) is 46.2 Å². The van der Waals surface area contributed by atoms with Gasteiger partial charge >= 0.3 is 0 Å². The van der Waals surface area contributed by atoms with E-state index in [0.717, 1.165) is 16.7 Å². The number of anilines is 1. The summed E-state index contributed by atoms with van der Waals surface area (Å²) in [4.78, 5) is 25.9. The summed E-state index contributed by atoms with van der Waals surface area (Å²) in [6, 6.07) is 18.1. The van der Waals surface area contributed by atoms with Gasteiger partial charge in [0.1, 0.15) is 0 Å². The van der Waals surface area contributed by atoms with E-state index in [1.807, 2.05) is 57.2 Å². The van der Waals surface area contributed by atoms with Crippen LogP contribution in [-0.2, 0) is 0 Å². The molecule has 4 heteroatoms. The first kappa shape index (κ1) is 18.9. The van der Waals surface area contributed by atoms with Gasteiger partial charge in [-0.05, 0) is 55.7 Å². The minimum Gasteiger partial charge on any atom is -0.321 e. The van der Waals surface area contributed by atoms with Crippen LogP contribution in [0.4, 0.5) is 5.69 Å². The molecule has 0 bridgehead atoms. The van der Waals surface area contributed by atoms with E-state index >= 15 is 0 Å². The molecule has 0 unspecified atom stereocenters. The van der Waals surface area contributed by atoms with Gasteiger partial charge < -0.3 is 5.32 Å². The summed E-state index contributed by atoms with van der Waals surface area (Å²) in [7, 11) is 0. The van der Waals surface area contributed by atoms with Crippen molar-refractivity contribution in [2.45, 2.75) is 20.8 Å². The van der Waals surface area contributed by atoms with Gasteiger partial charge in [0.25, 0.3) is 5.91 Å². The molecule has 3 nitrogen and oxygen atoms in total. The number of amides is 1. The second kappa shape index (κ2) is 7.77. The lowest BCUT2D eigenvalue weighted by atomic mass is 9.96. The molecule has 0 spiro atoms. The molecular weight excluding hydrogens is 358 g/mol.